The van der Waals surface area contributed by atoms with Crippen molar-refractivity contribution in [3.8, 4) is 11.8 Å². The van der Waals surface area contributed by atoms with Gasteiger partial charge in [-0.3, -0.25) is 4.79 Å². The largest absolute Gasteiger partial charge is 0.444 e. The van der Waals surface area contributed by atoms with Crippen molar-refractivity contribution in [3.05, 3.63) is 0 Å². The lowest BCUT2D eigenvalue weighted by atomic mass is 9.85. The Balaban J connectivity index is 2.57. The number of hydrogen-bond acceptors (Lipinski definition) is 4. The van der Waals surface area contributed by atoms with E-state index >= 15 is 0 Å². The number of likely N-dealkylation sites (tertiary alicyclic amines) is 1. The highest BCUT2D eigenvalue weighted by atomic mass is 16.6. The minimum atomic E-state index is -1.04. The van der Waals surface area contributed by atoms with Gasteiger partial charge in [-0.05, 0) is 53.4 Å². The molecular weight excluding hydrogens is 284 g/mol. The molecule has 0 radical (unpaired) electrons. The third-order valence-electron chi connectivity index (χ3n) is 3.67. The molecule has 0 aliphatic carbocycles. The molecule has 1 aliphatic heterocycles. The van der Waals surface area contributed by atoms with Crippen molar-refractivity contribution >= 4 is 12.0 Å². The van der Waals surface area contributed by atoms with E-state index in [9.17, 15) is 14.7 Å². The van der Waals surface area contributed by atoms with Gasteiger partial charge in [-0.25, -0.2) is 4.79 Å². The number of aliphatic hydroxyl groups is 1. The minimum absolute atomic E-state index is 0.372. The number of ether oxygens (including phenoxy) is 1. The van der Waals surface area contributed by atoms with Gasteiger partial charge in [0.2, 0.25) is 0 Å². The van der Waals surface area contributed by atoms with Crippen LogP contribution in [-0.4, -0.2) is 52.3 Å². The van der Waals surface area contributed by atoms with Crippen LogP contribution in [0.5, 0.6) is 0 Å². The van der Waals surface area contributed by atoms with E-state index in [2.05, 4.69) is 17.2 Å². The fourth-order valence-electron chi connectivity index (χ4n) is 2.32. The molecule has 1 rings (SSSR count). The summed E-state index contributed by atoms with van der Waals surface area (Å²) >= 11 is 0. The van der Waals surface area contributed by atoms with Gasteiger partial charge in [-0.15, -0.1) is 0 Å². The normalized spacial score (nSPS) is 18.7. The van der Waals surface area contributed by atoms with E-state index in [0.717, 1.165) is 0 Å². The Labute approximate surface area is 132 Å². The maximum absolute atomic E-state index is 12.0. The van der Waals surface area contributed by atoms with E-state index in [-0.39, 0.29) is 6.09 Å². The molecule has 0 bridgehead atoms. The third kappa shape index (κ3) is 5.23. The highest BCUT2D eigenvalue weighted by molar-refractivity contribution is 5.93. The zero-order valence-corrected chi connectivity index (χ0v) is 14.0. The molecule has 2 amide bonds. The number of amides is 2. The summed E-state index contributed by atoms with van der Waals surface area (Å²) in [6.45, 7) is 9.57. The Morgan fingerprint density at radius 2 is 1.86 bits per heavy atom. The fraction of sp³-hybridized carbons (Fsp3) is 0.750. The van der Waals surface area contributed by atoms with Gasteiger partial charge in [0.05, 0.1) is 11.6 Å². The van der Waals surface area contributed by atoms with Crippen LogP contribution in [0.3, 0.4) is 0 Å². The lowest BCUT2D eigenvalue weighted by Crippen LogP contribution is -2.57. The first-order valence-corrected chi connectivity index (χ1v) is 7.51. The number of nitrogens with one attached hydrogen (secondary N) is 1. The molecule has 1 unspecified atom stereocenters. The van der Waals surface area contributed by atoms with E-state index in [0.29, 0.717) is 25.9 Å². The van der Waals surface area contributed by atoms with E-state index in [1.165, 1.54) is 0 Å². The molecule has 0 saturated carbocycles. The lowest BCUT2D eigenvalue weighted by molar-refractivity contribution is -0.119. The molecule has 22 heavy (non-hydrogen) atoms. The van der Waals surface area contributed by atoms with Crippen molar-refractivity contribution in [2.45, 2.75) is 64.7 Å². The molecule has 0 aromatic carbocycles. The van der Waals surface area contributed by atoms with Crippen molar-refractivity contribution in [2.75, 3.05) is 13.1 Å². The van der Waals surface area contributed by atoms with Crippen molar-refractivity contribution in [2.24, 2.45) is 0 Å². The Morgan fingerprint density at radius 3 is 2.32 bits per heavy atom. The van der Waals surface area contributed by atoms with E-state index in [1.807, 2.05) is 20.8 Å². The first-order valence-electron chi connectivity index (χ1n) is 7.51. The van der Waals surface area contributed by atoms with Crippen molar-refractivity contribution < 1.29 is 19.4 Å². The number of nitrogens with zero attached hydrogens (tertiary/aromatic N) is 1. The minimum Gasteiger partial charge on any atom is -0.444 e. The van der Waals surface area contributed by atoms with Crippen LogP contribution in [0.4, 0.5) is 4.79 Å². The highest BCUT2D eigenvalue weighted by Crippen LogP contribution is 2.26. The molecular formula is C16H26N2O4. The standard InChI is InChI=1S/C16H26N2O4/c1-6-7-13(19)17-12(2)16(21)8-10-18(11-9-16)14(20)22-15(3,4)5/h12,21H,8-11H2,1-5H3,(H,17,19). The van der Waals surface area contributed by atoms with Gasteiger partial charge in [0.25, 0.3) is 5.91 Å². The van der Waals surface area contributed by atoms with E-state index < -0.39 is 23.2 Å². The van der Waals surface area contributed by atoms with Crippen LogP contribution in [-0.2, 0) is 9.53 Å². The zero-order chi connectivity index (χ0) is 17.0. The highest BCUT2D eigenvalue weighted by Gasteiger charge is 2.40. The predicted molar refractivity (Wildman–Crippen MR) is 83.0 cm³/mol. The summed E-state index contributed by atoms with van der Waals surface area (Å²) < 4.78 is 5.32. The molecule has 1 atom stereocenters. The first kappa shape index (κ1) is 18.3. The SMILES string of the molecule is CC#CC(=O)NC(C)C1(O)CCN(C(=O)OC(C)(C)C)CC1. The summed E-state index contributed by atoms with van der Waals surface area (Å²) in [5, 5.41) is 13.3. The summed E-state index contributed by atoms with van der Waals surface area (Å²) in [5.74, 6) is 4.50. The Bertz CT molecular complexity index is 477. The third-order valence-corrected chi connectivity index (χ3v) is 3.67. The van der Waals surface area contributed by atoms with Crippen LogP contribution in [0, 0.1) is 11.8 Å². The van der Waals surface area contributed by atoms with Crippen LogP contribution in [0.2, 0.25) is 0 Å². The van der Waals surface area contributed by atoms with Gasteiger partial charge in [0, 0.05) is 13.1 Å². The maximum Gasteiger partial charge on any atom is 0.410 e. The molecule has 0 aromatic rings. The second kappa shape index (κ2) is 7.01. The average Bonchev–Trinajstić information content (AvgIpc) is 2.37. The maximum atomic E-state index is 12.0. The molecule has 1 heterocycles. The Kier molecular flexibility index (Phi) is 5.84. The summed E-state index contributed by atoms with van der Waals surface area (Å²) in [6, 6.07) is -0.429. The number of hydrogen-bond donors (Lipinski definition) is 2. The molecule has 0 spiro atoms. The van der Waals surface area contributed by atoms with Crippen LogP contribution in [0.1, 0.15) is 47.5 Å². The van der Waals surface area contributed by atoms with Crippen LogP contribution >= 0.6 is 0 Å². The molecule has 2 N–H and O–H groups in total. The summed E-state index contributed by atoms with van der Waals surface area (Å²) in [7, 11) is 0. The van der Waals surface area contributed by atoms with E-state index in [4.69, 9.17) is 4.74 Å². The molecule has 6 heteroatoms. The van der Waals surface area contributed by atoms with Crippen molar-refractivity contribution in [3.63, 3.8) is 0 Å². The quantitative estimate of drug-likeness (QED) is 0.753. The van der Waals surface area contributed by atoms with Gasteiger partial charge in [0.15, 0.2) is 0 Å². The smallest absolute Gasteiger partial charge is 0.410 e. The summed E-state index contributed by atoms with van der Waals surface area (Å²) in [4.78, 5) is 25.1. The van der Waals surface area contributed by atoms with Gasteiger partial charge in [0.1, 0.15) is 5.60 Å². The predicted octanol–water partition coefficient (Wildman–Crippen LogP) is 1.28. The Morgan fingerprint density at radius 1 is 1.32 bits per heavy atom. The van der Waals surface area contributed by atoms with Gasteiger partial charge in [-0.2, -0.15) is 0 Å². The lowest BCUT2D eigenvalue weighted by Gasteiger charge is -2.41. The average molecular weight is 310 g/mol. The Hall–Kier alpha value is -1.74. The van der Waals surface area contributed by atoms with Crippen LogP contribution in [0.25, 0.3) is 0 Å². The zero-order valence-electron chi connectivity index (χ0n) is 14.0. The summed E-state index contributed by atoms with van der Waals surface area (Å²) in [5.41, 5.74) is -1.57. The van der Waals surface area contributed by atoms with Crippen LogP contribution in [0.15, 0.2) is 0 Å². The number of carbonyl (C=O) groups is 2. The monoisotopic (exact) mass is 310 g/mol. The molecule has 1 fully saturated rings. The molecule has 0 aromatic heterocycles. The van der Waals surface area contributed by atoms with Gasteiger partial charge < -0.3 is 20.1 Å². The number of piperidine rings is 1. The molecule has 1 saturated heterocycles. The molecule has 6 nitrogen and oxygen atoms in total. The summed E-state index contributed by atoms with van der Waals surface area (Å²) in [6.07, 6.45) is 0.392. The van der Waals surface area contributed by atoms with Crippen LogP contribution < -0.4 is 5.32 Å². The van der Waals surface area contributed by atoms with Crippen molar-refractivity contribution in [1.29, 1.82) is 0 Å². The van der Waals surface area contributed by atoms with Crippen molar-refractivity contribution in [1.82, 2.24) is 10.2 Å². The number of carbonyl (C=O) groups excluding carboxylic acids is 2. The number of rotatable bonds is 2. The molecule has 124 valence electrons. The second-order valence-electron chi connectivity index (χ2n) is 6.64. The topological polar surface area (TPSA) is 78.9 Å². The van der Waals surface area contributed by atoms with Gasteiger partial charge in [-0.1, -0.05) is 5.92 Å². The fourth-order valence-corrected chi connectivity index (χ4v) is 2.32. The second-order valence-corrected chi connectivity index (χ2v) is 6.64. The first-order chi connectivity index (χ1) is 10.1. The van der Waals surface area contributed by atoms with Gasteiger partial charge >= 0.3 is 6.09 Å². The molecule has 1 aliphatic rings. The van der Waals surface area contributed by atoms with E-state index in [1.54, 1.807) is 18.7 Å².